The van der Waals surface area contributed by atoms with Crippen LogP contribution in [0.2, 0.25) is 0 Å². The largest absolute Gasteiger partial charge is 0.349 e. The molecular formula is C9H8FNS. The summed E-state index contributed by atoms with van der Waals surface area (Å²) < 4.78 is 14.7. The molecule has 0 saturated heterocycles. The van der Waals surface area contributed by atoms with Crippen LogP contribution < -0.4 is 0 Å². The maximum Gasteiger partial charge on any atom is 0.123 e. The molecule has 0 aliphatic rings. The van der Waals surface area contributed by atoms with E-state index in [1.807, 2.05) is 17.8 Å². The van der Waals surface area contributed by atoms with Gasteiger partial charge >= 0.3 is 0 Å². The van der Waals surface area contributed by atoms with Crippen molar-refractivity contribution in [2.45, 2.75) is 4.90 Å². The number of aryl methyl sites for hydroxylation is 1. The molecule has 0 radical (unpaired) electrons. The van der Waals surface area contributed by atoms with Gasteiger partial charge in [-0.05, 0) is 18.2 Å². The van der Waals surface area contributed by atoms with Crippen LogP contribution in [0.15, 0.2) is 29.3 Å². The van der Waals surface area contributed by atoms with Gasteiger partial charge in [-0.25, -0.2) is 4.39 Å². The van der Waals surface area contributed by atoms with Gasteiger partial charge in [-0.1, -0.05) is 0 Å². The Morgan fingerprint density at radius 1 is 1.42 bits per heavy atom. The van der Waals surface area contributed by atoms with Crippen molar-refractivity contribution in [1.82, 2.24) is 4.57 Å². The molecule has 2 aromatic rings. The topological polar surface area (TPSA) is 4.93 Å². The molecule has 2 rings (SSSR count). The van der Waals surface area contributed by atoms with Crippen molar-refractivity contribution in [2.24, 2.45) is 7.05 Å². The number of aromatic nitrogens is 1. The SMILES string of the molecule is Cn1cc(S)c2cc(F)ccc21. The first-order valence-corrected chi connectivity index (χ1v) is 4.07. The molecule has 0 N–H and O–H groups in total. The Bertz CT molecular complexity index is 433. The lowest BCUT2D eigenvalue weighted by molar-refractivity contribution is 0.629. The first-order chi connectivity index (χ1) is 5.68. The monoisotopic (exact) mass is 181 g/mol. The Balaban J connectivity index is 2.90. The molecule has 1 nitrogen and oxygen atoms in total. The zero-order valence-electron chi connectivity index (χ0n) is 6.58. The fourth-order valence-corrected chi connectivity index (χ4v) is 1.70. The third kappa shape index (κ3) is 1.01. The molecule has 0 amide bonds. The smallest absolute Gasteiger partial charge is 0.123 e. The molecule has 1 aromatic carbocycles. The zero-order valence-corrected chi connectivity index (χ0v) is 7.48. The second kappa shape index (κ2) is 2.52. The molecule has 1 heterocycles. The molecule has 0 saturated carbocycles. The predicted molar refractivity (Wildman–Crippen MR) is 50.1 cm³/mol. The van der Waals surface area contributed by atoms with E-state index < -0.39 is 0 Å². The van der Waals surface area contributed by atoms with Crippen LogP contribution >= 0.6 is 12.6 Å². The molecule has 1 aromatic heterocycles. The van der Waals surface area contributed by atoms with Crippen LogP contribution in [0, 0.1) is 5.82 Å². The average Bonchev–Trinajstić information content (AvgIpc) is 2.28. The van der Waals surface area contributed by atoms with Crippen molar-refractivity contribution in [2.75, 3.05) is 0 Å². The third-order valence-electron chi connectivity index (χ3n) is 1.93. The molecule has 0 aliphatic carbocycles. The quantitative estimate of drug-likeness (QED) is 0.596. The van der Waals surface area contributed by atoms with Crippen LogP contribution in [-0.2, 0) is 7.05 Å². The van der Waals surface area contributed by atoms with E-state index in [-0.39, 0.29) is 5.82 Å². The molecule has 0 unspecified atom stereocenters. The highest BCUT2D eigenvalue weighted by molar-refractivity contribution is 7.80. The number of hydrogen-bond donors (Lipinski definition) is 1. The van der Waals surface area contributed by atoms with Gasteiger partial charge in [-0.3, -0.25) is 0 Å². The first kappa shape index (κ1) is 7.68. The summed E-state index contributed by atoms with van der Waals surface area (Å²) in [6.07, 6.45) is 1.87. The average molecular weight is 181 g/mol. The molecular weight excluding hydrogens is 173 g/mol. The van der Waals surface area contributed by atoms with Crippen LogP contribution in [0.25, 0.3) is 10.9 Å². The molecule has 0 spiro atoms. The summed E-state index contributed by atoms with van der Waals surface area (Å²) in [6.45, 7) is 0. The van der Waals surface area contributed by atoms with Gasteiger partial charge in [0.05, 0.1) is 0 Å². The first-order valence-electron chi connectivity index (χ1n) is 3.62. The minimum atomic E-state index is -0.219. The lowest BCUT2D eigenvalue weighted by Gasteiger charge is -1.94. The molecule has 12 heavy (non-hydrogen) atoms. The summed E-state index contributed by atoms with van der Waals surface area (Å²) >= 11 is 4.23. The molecule has 0 atom stereocenters. The number of hydrogen-bond acceptors (Lipinski definition) is 1. The van der Waals surface area contributed by atoms with Gasteiger partial charge in [0.2, 0.25) is 0 Å². The minimum Gasteiger partial charge on any atom is -0.349 e. The summed E-state index contributed by atoms with van der Waals surface area (Å²) in [7, 11) is 1.92. The van der Waals surface area contributed by atoms with E-state index in [4.69, 9.17) is 0 Å². The molecule has 0 fully saturated rings. The fourth-order valence-electron chi connectivity index (χ4n) is 1.34. The van der Waals surface area contributed by atoms with Crippen LogP contribution in [0.3, 0.4) is 0 Å². The highest BCUT2D eigenvalue weighted by Gasteiger charge is 2.03. The number of rotatable bonds is 0. The Morgan fingerprint density at radius 2 is 2.17 bits per heavy atom. The van der Waals surface area contributed by atoms with Crippen molar-refractivity contribution in [1.29, 1.82) is 0 Å². The van der Waals surface area contributed by atoms with Gasteiger partial charge in [0.1, 0.15) is 5.82 Å². The zero-order chi connectivity index (χ0) is 8.72. The number of halogens is 1. The third-order valence-corrected chi connectivity index (χ3v) is 2.29. The second-order valence-electron chi connectivity index (χ2n) is 2.79. The van der Waals surface area contributed by atoms with Gasteiger partial charge < -0.3 is 4.57 Å². The van der Waals surface area contributed by atoms with Crippen molar-refractivity contribution in [3.8, 4) is 0 Å². The van der Waals surface area contributed by atoms with Gasteiger partial charge in [0.15, 0.2) is 0 Å². The highest BCUT2D eigenvalue weighted by Crippen LogP contribution is 2.23. The Hall–Kier alpha value is -0.960. The summed E-state index contributed by atoms with van der Waals surface area (Å²) in [4.78, 5) is 0.812. The van der Waals surface area contributed by atoms with Crippen molar-refractivity contribution in [3.05, 3.63) is 30.2 Å². The van der Waals surface area contributed by atoms with Crippen LogP contribution in [0.1, 0.15) is 0 Å². The molecule has 0 bridgehead atoms. The number of benzene rings is 1. The summed E-state index contributed by atoms with van der Waals surface area (Å²) in [5.74, 6) is -0.219. The van der Waals surface area contributed by atoms with Crippen molar-refractivity contribution >= 4 is 23.5 Å². The Labute approximate surface area is 75.2 Å². The van der Waals surface area contributed by atoms with Gasteiger partial charge in [0.25, 0.3) is 0 Å². The number of fused-ring (bicyclic) bond motifs is 1. The van der Waals surface area contributed by atoms with Crippen LogP contribution in [0.5, 0.6) is 0 Å². The molecule has 62 valence electrons. The van der Waals surface area contributed by atoms with Gasteiger partial charge in [-0.2, -0.15) is 0 Å². The van der Waals surface area contributed by atoms with E-state index in [0.717, 1.165) is 15.8 Å². The lowest BCUT2D eigenvalue weighted by atomic mass is 10.2. The Kier molecular flexibility index (Phi) is 1.61. The van der Waals surface area contributed by atoms with Crippen molar-refractivity contribution in [3.63, 3.8) is 0 Å². The Morgan fingerprint density at radius 3 is 2.92 bits per heavy atom. The van der Waals surface area contributed by atoms with E-state index in [0.29, 0.717) is 0 Å². The highest BCUT2D eigenvalue weighted by atomic mass is 32.1. The lowest BCUT2D eigenvalue weighted by Crippen LogP contribution is -1.83. The maximum atomic E-state index is 12.8. The molecule has 0 aliphatic heterocycles. The second-order valence-corrected chi connectivity index (χ2v) is 3.27. The van der Waals surface area contributed by atoms with Crippen LogP contribution in [0.4, 0.5) is 4.39 Å². The van der Waals surface area contributed by atoms with E-state index in [1.165, 1.54) is 12.1 Å². The fraction of sp³-hybridized carbons (Fsp3) is 0.111. The summed E-state index contributed by atoms with van der Waals surface area (Å²) in [5, 5.41) is 0.862. The standard InChI is InChI=1S/C9H8FNS/c1-11-5-9(12)7-4-6(10)2-3-8(7)11/h2-5,12H,1H3. The summed E-state index contributed by atoms with van der Waals surface area (Å²) in [5.41, 5.74) is 1.00. The predicted octanol–water partition coefficient (Wildman–Crippen LogP) is 2.61. The van der Waals surface area contributed by atoms with E-state index in [2.05, 4.69) is 12.6 Å². The van der Waals surface area contributed by atoms with Gasteiger partial charge in [-0.15, -0.1) is 12.6 Å². The number of nitrogens with zero attached hydrogens (tertiary/aromatic N) is 1. The van der Waals surface area contributed by atoms with E-state index in [1.54, 1.807) is 6.07 Å². The summed E-state index contributed by atoms with van der Waals surface area (Å²) in [6, 6.07) is 4.71. The van der Waals surface area contributed by atoms with E-state index >= 15 is 0 Å². The number of thiol groups is 1. The van der Waals surface area contributed by atoms with Crippen LogP contribution in [-0.4, -0.2) is 4.57 Å². The maximum absolute atomic E-state index is 12.8. The normalized spacial score (nSPS) is 10.9. The minimum absolute atomic E-state index is 0.219. The van der Waals surface area contributed by atoms with Crippen molar-refractivity contribution < 1.29 is 4.39 Å². The van der Waals surface area contributed by atoms with E-state index in [9.17, 15) is 4.39 Å². The molecule has 3 heteroatoms. The van der Waals surface area contributed by atoms with Gasteiger partial charge in [0, 0.05) is 29.0 Å².